The Morgan fingerprint density at radius 1 is 1.36 bits per heavy atom. The number of hydrogen-bond donors (Lipinski definition) is 0. The van der Waals surface area contributed by atoms with Gasteiger partial charge >= 0.3 is 0 Å². The van der Waals surface area contributed by atoms with Crippen molar-refractivity contribution in [3.05, 3.63) is 0 Å². The summed E-state index contributed by atoms with van der Waals surface area (Å²) in [5.74, 6) is -0.241. The highest BCUT2D eigenvalue weighted by molar-refractivity contribution is 5.87. The standard InChI is InChI=1S/C9H15FO/c1-9(2,3)6-4-5-7(10)8(6)11/h6-7H,4-5H2,1-3H3/t6-,7-/m1/s1. The summed E-state index contributed by atoms with van der Waals surface area (Å²) in [4.78, 5) is 11.2. The van der Waals surface area contributed by atoms with Gasteiger partial charge in [-0.15, -0.1) is 0 Å². The molecule has 1 aliphatic carbocycles. The van der Waals surface area contributed by atoms with Crippen LogP contribution >= 0.6 is 0 Å². The fourth-order valence-electron chi connectivity index (χ4n) is 1.68. The van der Waals surface area contributed by atoms with Gasteiger partial charge < -0.3 is 0 Å². The second kappa shape index (κ2) is 2.58. The Bertz CT molecular complexity index is 169. The second-order valence-corrected chi connectivity index (χ2v) is 4.37. The molecule has 1 nitrogen and oxygen atoms in total. The van der Waals surface area contributed by atoms with Crippen LogP contribution in [0.1, 0.15) is 33.6 Å². The summed E-state index contributed by atoms with van der Waals surface area (Å²) in [6.45, 7) is 5.98. The van der Waals surface area contributed by atoms with E-state index in [-0.39, 0.29) is 17.1 Å². The van der Waals surface area contributed by atoms with Gasteiger partial charge in [0.25, 0.3) is 0 Å². The SMILES string of the molecule is CC(C)(C)[C@@H]1CC[C@@H](F)C1=O. The molecule has 2 atom stereocenters. The lowest BCUT2D eigenvalue weighted by Gasteiger charge is -2.24. The third-order valence-corrected chi connectivity index (χ3v) is 2.41. The van der Waals surface area contributed by atoms with Crippen molar-refractivity contribution in [2.45, 2.75) is 39.8 Å². The smallest absolute Gasteiger partial charge is 0.170 e. The maximum atomic E-state index is 12.7. The van der Waals surface area contributed by atoms with E-state index in [9.17, 15) is 9.18 Å². The summed E-state index contributed by atoms with van der Waals surface area (Å²) >= 11 is 0. The summed E-state index contributed by atoms with van der Waals surface area (Å²) in [5.41, 5.74) is -0.0576. The lowest BCUT2D eigenvalue weighted by atomic mass is 9.79. The van der Waals surface area contributed by atoms with E-state index in [1.807, 2.05) is 20.8 Å². The zero-order valence-corrected chi connectivity index (χ0v) is 7.36. The van der Waals surface area contributed by atoms with E-state index in [4.69, 9.17) is 0 Å². The topological polar surface area (TPSA) is 17.1 Å². The number of carbonyl (C=O) groups is 1. The average Bonchev–Trinajstić information content (AvgIpc) is 2.11. The average molecular weight is 158 g/mol. The van der Waals surface area contributed by atoms with Gasteiger partial charge in [0.05, 0.1) is 0 Å². The van der Waals surface area contributed by atoms with Crippen molar-refractivity contribution in [3.63, 3.8) is 0 Å². The molecule has 1 rings (SSSR count). The highest BCUT2D eigenvalue weighted by Crippen LogP contribution is 2.37. The van der Waals surface area contributed by atoms with Crippen molar-refractivity contribution < 1.29 is 9.18 Å². The van der Waals surface area contributed by atoms with Gasteiger partial charge in [-0.25, -0.2) is 4.39 Å². The molecule has 0 aromatic heterocycles. The molecule has 0 spiro atoms. The van der Waals surface area contributed by atoms with Gasteiger partial charge in [0.2, 0.25) is 0 Å². The summed E-state index contributed by atoms with van der Waals surface area (Å²) in [5, 5.41) is 0. The highest BCUT2D eigenvalue weighted by Gasteiger charge is 2.40. The van der Waals surface area contributed by atoms with E-state index < -0.39 is 6.17 Å². The van der Waals surface area contributed by atoms with E-state index >= 15 is 0 Å². The van der Waals surface area contributed by atoms with Gasteiger partial charge in [0.1, 0.15) is 0 Å². The Labute approximate surface area is 67.0 Å². The first-order valence-electron chi connectivity index (χ1n) is 4.10. The number of rotatable bonds is 0. The van der Waals surface area contributed by atoms with Crippen molar-refractivity contribution in [1.29, 1.82) is 0 Å². The molecular formula is C9H15FO. The van der Waals surface area contributed by atoms with E-state index in [1.54, 1.807) is 0 Å². The monoisotopic (exact) mass is 158 g/mol. The van der Waals surface area contributed by atoms with Gasteiger partial charge in [-0.05, 0) is 18.3 Å². The van der Waals surface area contributed by atoms with E-state index in [2.05, 4.69) is 0 Å². The fraction of sp³-hybridized carbons (Fsp3) is 0.889. The number of hydrogen-bond acceptors (Lipinski definition) is 1. The molecule has 11 heavy (non-hydrogen) atoms. The maximum absolute atomic E-state index is 12.7. The quantitative estimate of drug-likeness (QED) is 0.529. The molecule has 1 fully saturated rings. The summed E-state index contributed by atoms with van der Waals surface area (Å²) in [7, 11) is 0. The second-order valence-electron chi connectivity index (χ2n) is 4.37. The van der Waals surface area contributed by atoms with Crippen molar-refractivity contribution in [1.82, 2.24) is 0 Å². The van der Waals surface area contributed by atoms with Crippen LogP contribution in [0.25, 0.3) is 0 Å². The lowest BCUT2D eigenvalue weighted by molar-refractivity contribution is -0.127. The summed E-state index contributed by atoms with van der Waals surface area (Å²) in [6, 6.07) is 0. The molecule has 0 unspecified atom stereocenters. The Balaban J connectivity index is 2.70. The zero-order valence-electron chi connectivity index (χ0n) is 7.36. The Morgan fingerprint density at radius 2 is 1.91 bits per heavy atom. The minimum atomic E-state index is -1.18. The van der Waals surface area contributed by atoms with Crippen molar-refractivity contribution >= 4 is 5.78 Å². The minimum absolute atomic E-state index is 0.0576. The largest absolute Gasteiger partial charge is 0.296 e. The number of carbonyl (C=O) groups excluding carboxylic acids is 1. The summed E-state index contributed by atoms with van der Waals surface area (Å²) in [6.07, 6.45) is -0.0243. The first kappa shape index (κ1) is 8.69. The third-order valence-electron chi connectivity index (χ3n) is 2.41. The van der Waals surface area contributed by atoms with Crippen LogP contribution < -0.4 is 0 Å². The molecule has 2 heteroatoms. The number of Topliss-reactive ketones (excluding diaryl/α,β-unsaturated/α-hetero) is 1. The molecular weight excluding hydrogens is 143 g/mol. The van der Waals surface area contributed by atoms with E-state index in [0.717, 1.165) is 6.42 Å². The number of alkyl halides is 1. The fourth-order valence-corrected chi connectivity index (χ4v) is 1.68. The van der Waals surface area contributed by atoms with Gasteiger partial charge in [-0.3, -0.25) is 4.79 Å². The number of halogens is 1. The molecule has 1 saturated carbocycles. The molecule has 0 saturated heterocycles. The minimum Gasteiger partial charge on any atom is -0.296 e. The molecule has 0 aromatic rings. The normalized spacial score (nSPS) is 32.9. The molecule has 0 aliphatic heterocycles. The van der Waals surface area contributed by atoms with Crippen LogP contribution in [0.2, 0.25) is 0 Å². The molecule has 1 aliphatic rings. The predicted molar refractivity (Wildman–Crippen MR) is 42.1 cm³/mol. The van der Waals surface area contributed by atoms with Crippen LogP contribution in [0, 0.1) is 11.3 Å². The zero-order chi connectivity index (χ0) is 8.65. The number of ketones is 1. The molecule has 0 bridgehead atoms. The third kappa shape index (κ3) is 1.60. The van der Waals surface area contributed by atoms with Crippen molar-refractivity contribution in [3.8, 4) is 0 Å². The van der Waals surface area contributed by atoms with E-state index in [0.29, 0.717) is 6.42 Å². The van der Waals surface area contributed by atoms with Crippen LogP contribution in [0.3, 0.4) is 0 Å². The van der Waals surface area contributed by atoms with Crippen LogP contribution in [0.4, 0.5) is 4.39 Å². The van der Waals surface area contributed by atoms with Gasteiger partial charge in [0, 0.05) is 5.92 Å². The molecule has 0 aromatic carbocycles. The molecule has 0 amide bonds. The van der Waals surface area contributed by atoms with E-state index in [1.165, 1.54) is 0 Å². The van der Waals surface area contributed by atoms with Crippen LogP contribution in [-0.4, -0.2) is 12.0 Å². The Hall–Kier alpha value is -0.400. The lowest BCUT2D eigenvalue weighted by Crippen LogP contribution is -2.26. The molecule has 64 valence electrons. The predicted octanol–water partition coefficient (Wildman–Crippen LogP) is 2.35. The summed E-state index contributed by atoms with van der Waals surface area (Å²) < 4.78 is 12.7. The van der Waals surface area contributed by atoms with Gasteiger partial charge in [-0.1, -0.05) is 20.8 Å². The first-order valence-corrected chi connectivity index (χ1v) is 4.10. The first-order chi connectivity index (χ1) is 4.93. The Kier molecular flexibility index (Phi) is 2.04. The van der Waals surface area contributed by atoms with Crippen molar-refractivity contribution in [2.75, 3.05) is 0 Å². The van der Waals surface area contributed by atoms with Crippen molar-refractivity contribution in [2.24, 2.45) is 11.3 Å². The maximum Gasteiger partial charge on any atom is 0.170 e. The van der Waals surface area contributed by atoms with Gasteiger partial charge in [0.15, 0.2) is 12.0 Å². The van der Waals surface area contributed by atoms with Crippen LogP contribution in [-0.2, 0) is 4.79 Å². The van der Waals surface area contributed by atoms with Crippen LogP contribution in [0.15, 0.2) is 0 Å². The molecule has 0 N–H and O–H groups in total. The van der Waals surface area contributed by atoms with Crippen LogP contribution in [0.5, 0.6) is 0 Å². The highest BCUT2D eigenvalue weighted by atomic mass is 19.1. The Morgan fingerprint density at radius 3 is 2.09 bits per heavy atom. The molecule has 0 radical (unpaired) electrons. The van der Waals surface area contributed by atoms with Gasteiger partial charge in [-0.2, -0.15) is 0 Å². The molecule has 0 heterocycles.